The van der Waals surface area contributed by atoms with Gasteiger partial charge >= 0.3 is 0 Å². The quantitative estimate of drug-likeness (QED) is 0.891. The summed E-state index contributed by atoms with van der Waals surface area (Å²) in [5.74, 6) is 0.467. The topological polar surface area (TPSA) is 67.4 Å². The van der Waals surface area contributed by atoms with Crippen molar-refractivity contribution in [3.63, 3.8) is 0 Å². The van der Waals surface area contributed by atoms with Crippen molar-refractivity contribution >= 4 is 17.5 Å². The summed E-state index contributed by atoms with van der Waals surface area (Å²) < 4.78 is 5.38. The molecule has 2 amide bonds. The summed E-state index contributed by atoms with van der Waals surface area (Å²) >= 11 is 0. The first kappa shape index (κ1) is 17.0. The van der Waals surface area contributed by atoms with Gasteiger partial charge in [-0.05, 0) is 49.8 Å². The SMILES string of the molecule is CC1CCCC(NC(=O)c2cccc(NC(=O)C3CCCO3)c2)C1. The zero-order valence-electron chi connectivity index (χ0n) is 14.2. The van der Waals surface area contributed by atoms with E-state index in [4.69, 9.17) is 4.74 Å². The van der Waals surface area contributed by atoms with Gasteiger partial charge in [0.25, 0.3) is 11.8 Å². The smallest absolute Gasteiger partial charge is 0.253 e. The Labute approximate surface area is 143 Å². The van der Waals surface area contributed by atoms with E-state index in [2.05, 4.69) is 17.6 Å². The predicted octanol–water partition coefficient (Wildman–Crippen LogP) is 3.11. The molecule has 3 rings (SSSR count). The third-order valence-electron chi connectivity index (χ3n) is 4.89. The predicted molar refractivity (Wildman–Crippen MR) is 92.9 cm³/mol. The molecule has 130 valence electrons. The van der Waals surface area contributed by atoms with Crippen molar-refractivity contribution in [1.29, 1.82) is 0 Å². The van der Waals surface area contributed by atoms with Crippen LogP contribution in [-0.2, 0) is 9.53 Å². The number of anilines is 1. The number of carbonyl (C=O) groups excluding carboxylic acids is 2. The third kappa shape index (κ3) is 4.35. The van der Waals surface area contributed by atoms with Crippen molar-refractivity contribution in [3.05, 3.63) is 29.8 Å². The van der Waals surface area contributed by atoms with Crippen molar-refractivity contribution in [2.45, 2.75) is 57.6 Å². The van der Waals surface area contributed by atoms with Crippen molar-refractivity contribution in [2.75, 3.05) is 11.9 Å². The van der Waals surface area contributed by atoms with Gasteiger partial charge in [0, 0.05) is 23.9 Å². The molecule has 1 aromatic carbocycles. The van der Waals surface area contributed by atoms with E-state index in [1.54, 1.807) is 24.3 Å². The van der Waals surface area contributed by atoms with Crippen LogP contribution in [0.2, 0.25) is 0 Å². The lowest BCUT2D eigenvalue weighted by molar-refractivity contribution is -0.124. The van der Waals surface area contributed by atoms with E-state index in [9.17, 15) is 9.59 Å². The van der Waals surface area contributed by atoms with Crippen molar-refractivity contribution < 1.29 is 14.3 Å². The summed E-state index contributed by atoms with van der Waals surface area (Å²) in [5, 5.41) is 5.97. The minimum atomic E-state index is -0.369. The zero-order chi connectivity index (χ0) is 16.9. The molecule has 1 saturated heterocycles. The van der Waals surface area contributed by atoms with E-state index in [1.165, 1.54) is 12.8 Å². The molecule has 3 atom stereocenters. The summed E-state index contributed by atoms with van der Waals surface area (Å²) in [6, 6.07) is 7.36. The van der Waals surface area contributed by atoms with Gasteiger partial charge in [0.05, 0.1) is 0 Å². The Hall–Kier alpha value is -1.88. The normalized spacial score (nSPS) is 26.8. The van der Waals surface area contributed by atoms with Crippen molar-refractivity contribution in [1.82, 2.24) is 5.32 Å². The van der Waals surface area contributed by atoms with Crippen LogP contribution in [-0.4, -0.2) is 30.6 Å². The third-order valence-corrected chi connectivity index (χ3v) is 4.89. The first-order valence-electron chi connectivity index (χ1n) is 8.95. The maximum absolute atomic E-state index is 12.5. The van der Waals surface area contributed by atoms with E-state index in [1.807, 2.05) is 0 Å². The second kappa shape index (κ2) is 7.79. The molecule has 5 nitrogen and oxygen atoms in total. The van der Waals surface area contributed by atoms with Crippen LogP contribution in [0.4, 0.5) is 5.69 Å². The largest absolute Gasteiger partial charge is 0.368 e. The van der Waals surface area contributed by atoms with E-state index in [0.29, 0.717) is 23.8 Å². The number of ether oxygens (including phenoxy) is 1. The lowest BCUT2D eigenvalue weighted by atomic mass is 9.87. The molecule has 0 radical (unpaired) electrons. The first-order valence-corrected chi connectivity index (χ1v) is 8.95. The fourth-order valence-corrected chi connectivity index (χ4v) is 3.58. The highest BCUT2D eigenvalue weighted by Gasteiger charge is 2.24. The van der Waals surface area contributed by atoms with Crippen LogP contribution < -0.4 is 10.6 Å². The average Bonchev–Trinajstić information content (AvgIpc) is 3.10. The van der Waals surface area contributed by atoms with Crippen LogP contribution in [0.5, 0.6) is 0 Å². The number of benzene rings is 1. The Morgan fingerprint density at radius 3 is 2.79 bits per heavy atom. The highest BCUT2D eigenvalue weighted by molar-refractivity contribution is 5.98. The molecule has 1 aromatic rings. The van der Waals surface area contributed by atoms with Gasteiger partial charge in [-0.1, -0.05) is 25.8 Å². The monoisotopic (exact) mass is 330 g/mol. The van der Waals surface area contributed by atoms with Crippen LogP contribution in [0.1, 0.15) is 55.8 Å². The summed E-state index contributed by atoms with van der Waals surface area (Å²) in [6.45, 7) is 2.87. The summed E-state index contributed by atoms with van der Waals surface area (Å²) in [7, 11) is 0. The molecular weight excluding hydrogens is 304 g/mol. The van der Waals surface area contributed by atoms with Gasteiger partial charge in [-0.25, -0.2) is 0 Å². The number of nitrogens with one attached hydrogen (secondary N) is 2. The number of amides is 2. The second-order valence-corrected chi connectivity index (χ2v) is 7.01. The van der Waals surface area contributed by atoms with Crippen LogP contribution in [0.25, 0.3) is 0 Å². The highest BCUT2D eigenvalue weighted by Crippen LogP contribution is 2.24. The minimum Gasteiger partial charge on any atom is -0.368 e. The standard InChI is InChI=1S/C19H26N2O3/c1-13-5-2-7-15(11-13)20-18(22)14-6-3-8-16(12-14)21-19(23)17-9-4-10-24-17/h3,6,8,12-13,15,17H,2,4-5,7,9-11H2,1H3,(H,20,22)(H,21,23). The molecule has 1 saturated carbocycles. The molecule has 5 heteroatoms. The summed E-state index contributed by atoms with van der Waals surface area (Å²) in [4.78, 5) is 24.6. The molecule has 0 aromatic heterocycles. The summed E-state index contributed by atoms with van der Waals surface area (Å²) in [6.07, 6.45) is 5.81. The number of hydrogen-bond acceptors (Lipinski definition) is 3. The van der Waals surface area contributed by atoms with Gasteiger partial charge in [0.2, 0.25) is 0 Å². The van der Waals surface area contributed by atoms with Gasteiger partial charge in [-0.2, -0.15) is 0 Å². The number of rotatable bonds is 4. The molecule has 3 unspecified atom stereocenters. The Bertz CT molecular complexity index is 596. The maximum Gasteiger partial charge on any atom is 0.253 e. The fourth-order valence-electron chi connectivity index (χ4n) is 3.58. The summed E-state index contributed by atoms with van der Waals surface area (Å²) in [5.41, 5.74) is 1.22. The maximum atomic E-state index is 12.5. The Balaban J connectivity index is 1.59. The van der Waals surface area contributed by atoms with Gasteiger partial charge < -0.3 is 15.4 Å². The van der Waals surface area contributed by atoms with Gasteiger partial charge in [0.15, 0.2) is 0 Å². The van der Waals surface area contributed by atoms with Crippen LogP contribution in [0.3, 0.4) is 0 Å². The van der Waals surface area contributed by atoms with Crippen molar-refractivity contribution in [2.24, 2.45) is 5.92 Å². The van der Waals surface area contributed by atoms with E-state index in [-0.39, 0.29) is 24.0 Å². The first-order chi connectivity index (χ1) is 11.6. The van der Waals surface area contributed by atoms with Crippen LogP contribution in [0.15, 0.2) is 24.3 Å². The molecule has 2 aliphatic rings. The van der Waals surface area contributed by atoms with E-state index < -0.39 is 0 Å². The number of hydrogen-bond donors (Lipinski definition) is 2. The minimum absolute atomic E-state index is 0.0673. The average molecular weight is 330 g/mol. The second-order valence-electron chi connectivity index (χ2n) is 7.01. The molecular formula is C19H26N2O3. The number of carbonyl (C=O) groups is 2. The molecule has 0 bridgehead atoms. The van der Waals surface area contributed by atoms with Gasteiger partial charge in [-0.15, -0.1) is 0 Å². The lowest BCUT2D eigenvalue weighted by Gasteiger charge is -2.27. The highest BCUT2D eigenvalue weighted by atomic mass is 16.5. The Morgan fingerprint density at radius 2 is 2.04 bits per heavy atom. The molecule has 24 heavy (non-hydrogen) atoms. The van der Waals surface area contributed by atoms with Gasteiger partial charge in [0.1, 0.15) is 6.10 Å². The molecule has 0 spiro atoms. The lowest BCUT2D eigenvalue weighted by Crippen LogP contribution is -2.38. The molecule has 1 heterocycles. The van der Waals surface area contributed by atoms with E-state index in [0.717, 1.165) is 25.7 Å². The van der Waals surface area contributed by atoms with Gasteiger partial charge in [-0.3, -0.25) is 9.59 Å². The van der Waals surface area contributed by atoms with E-state index >= 15 is 0 Å². The molecule has 1 aliphatic carbocycles. The molecule has 1 aliphatic heterocycles. The van der Waals surface area contributed by atoms with Crippen LogP contribution >= 0.6 is 0 Å². The zero-order valence-corrected chi connectivity index (χ0v) is 14.2. The van der Waals surface area contributed by atoms with Crippen LogP contribution in [0, 0.1) is 5.92 Å². The molecule has 2 N–H and O–H groups in total. The fraction of sp³-hybridized carbons (Fsp3) is 0.579. The Kier molecular flexibility index (Phi) is 5.51. The Morgan fingerprint density at radius 1 is 1.17 bits per heavy atom. The molecule has 2 fully saturated rings. The van der Waals surface area contributed by atoms with Crippen molar-refractivity contribution in [3.8, 4) is 0 Å².